The predicted octanol–water partition coefficient (Wildman–Crippen LogP) is 7.03. The highest BCUT2D eigenvalue weighted by Gasteiger charge is 2.28. The normalized spacial score (nSPS) is 15.0. The number of hydrogen-bond donors (Lipinski definition) is 1. The zero-order chi connectivity index (χ0) is 27.8. The molecule has 5 aromatic rings. The van der Waals surface area contributed by atoms with Crippen molar-refractivity contribution in [1.29, 1.82) is 0 Å². The van der Waals surface area contributed by atoms with E-state index in [1.54, 1.807) is 43.4 Å². The van der Waals surface area contributed by atoms with Crippen LogP contribution in [0.3, 0.4) is 0 Å². The average Bonchev–Trinajstić information content (AvgIpc) is 3.63. The molecule has 1 N–H and O–H groups in total. The van der Waals surface area contributed by atoms with Gasteiger partial charge in [0.25, 0.3) is 11.8 Å². The van der Waals surface area contributed by atoms with Crippen molar-refractivity contribution in [1.82, 2.24) is 10.2 Å². The van der Waals surface area contributed by atoms with Crippen molar-refractivity contribution in [3.05, 3.63) is 119 Å². The minimum atomic E-state index is -0.377. The first kappa shape index (κ1) is 25.5. The zero-order valence-electron chi connectivity index (χ0n) is 21.8. The lowest BCUT2D eigenvalue weighted by molar-refractivity contribution is 0.0790. The maximum atomic E-state index is 13.5. The molecule has 0 spiro atoms. The van der Waals surface area contributed by atoms with E-state index < -0.39 is 0 Å². The second-order valence-electron chi connectivity index (χ2n) is 9.97. The summed E-state index contributed by atoms with van der Waals surface area (Å²) in [5.41, 5.74) is 4.74. The fourth-order valence-corrected chi connectivity index (χ4v) is 5.40. The molecule has 0 bridgehead atoms. The summed E-state index contributed by atoms with van der Waals surface area (Å²) in [6.07, 6.45) is 0.826. The van der Waals surface area contributed by atoms with Crippen LogP contribution in [-0.2, 0) is 0 Å². The smallest absolute Gasteiger partial charge is 0.255 e. The van der Waals surface area contributed by atoms with Gasteiger partial charge in [-0.05, 0) is 83.8 Å². The van der Waals surface area contributed by atoms with E-state index in [2.05, 4.69) is 5.32 Å². The van der Waals surface area contributed by atoms with Crippen LogP contribution in [0.1, 0.15) is 38.6 Å². The third-order valence-corrected chi connectivity index (χ3v) is 7.51. The molecule has 0 aliphatic carbocycles. The molecule has 2 amide bonds. The summed E-state index contributed by atoms with van der Waals surface area (Å²) in [6, 6.07) is 25.3. The number of hydrogen-bond acceptors (Lipinski definition) is 3. The predicted molar refractivity (Wildman–Crippen MR) is 150 cm³/mol. The highest BCUT2D eigenvalue weighted by molar-refractivity contribution is 6.11. The van der Waals surface area contributed by atoms with Crippen molar-refractivity contribution in [3.8, 4) is 22.5 Å². The first-order chi connectivity index (χ1) is 19.4. The van der Waals surface area contributed by atoms with Gasteiger partial charge in [0.15, 0.2) is 0 Å². The molecule has 0 radical (unpaired) electrons. The van der Waals surface area contributed by atoms with Crippen LogP contribution in [-0.4, -0.2) is 36.9 Å². The molecule has 1 saturated heterocycles. The van der Waals surface area contributed by atoms with E-state index in [4.69, 9.17) is 4.42 Å². The fraction of sp³-hybridized carbons (Fsp3) is 0.152. The standard InChI is InChI=1S/C33H26F2N2O3/c1-36-32(38)30-28-18-23(9-14-29(28)40-31(30)21-7-12-27(35)13-8-21)22-3-2-4-24(17-22)33(39)37-16-15-25(19-37)20-5-10-26(34)11-6-20/h2-14,17-18,25H,15-16,19H2,1H3,(H,36,38). The maximum absolute atomic E-state index is 13.5. The quantitative estimate of drug-likeness (QED) is 0.262. The molecule has 1 aromatic heterocycles. The number of carbonyl (C=O) groups excluding carboxylic acids is 2. The van der Waals surface area contributed by atoms with Gasteiger partial charge in [-0.3, -0.25) is 9.59 Å². The molecule has 5 nitrogen and oxygen atoms in total. The summed E-state index contributed by atoms with van der Waals surface area (Å²) >= 11 is 0. The average molecular weight is 537 g/mol. The first-order valence-corrected chi connectivity index (χ1v) is 13.1. The molecule has 1 fully saturated rings. The maximum Gasteiger partial charge on any atom is 0.255 e. The van der Waals surface area contributed by atoms with Gasteiger partial charge in [-0.2, -0.15) is 0 Å². The monoisotopic (exact) mass is 536 g/mol. The Labute approximate surface area is 230 Å². The van der Waals surface area contributed by atoms with Crippen LogP contribution in [0.25, 0.3) is 33.4 Å². The van der Waals surface area contributed by atoms with Crippen LogP contribution in [0.5, 0.6) is 0 Å². The SMILES string of the molecule is CNC(=O)c1c(-c2ccc(F)cc2)oc2ccc(-c3cccc(C(=O)N4CCC(c5ccc(F)cc5)C4)c3)cc12. The van der Waals surface area contributed by atoms with Crippen LogP contribution >= 0.6 is 0 Å². The van der Waals surface area contributed by atoms with Crippen LogP contribution in [0.4, 0.5) is 8.78 Å². The summed E-state index contributed by atoms with van der Waals surface area (Å²) in [6.45, 7) is 1.21. The Hall–Kier alpha value is -4.78. The fourth-order valence-electron chi connectivity index (χ4n) is 5.40. The first-order valence-electron chi connectivity index (χ1n) is 13.1. The van der Waals surface area contributed by atoms with Crippen LogP contribution in [0.2, 0.25) is 0 Å². The Bertz CT molecular complexity index is 1730. The summed E-state index contributed by atoms with van der Waals surface area (Å²) < 4.78 is 32.9. The molecule has 1 atom stereocenters. The Morgan fingerprint density at radius 2 is 1.52 bits per heavy atom. The molecular formula is C33H26F2N2O3. The zero-order valence-corrected chi connectivity index (χ0v) is 21.8. The number of carbonyl (C=O) groups is 2. The van der Waals surface area contributed by atoms with Crippen LogP contribution in [0, 0.1) is 11.6 Å². The molecule has 1 aliphatic rings. The molecule has 6 rings (SSSR count). The molecule has 2 heterocycles. The summed E-state index contributed by atoms with van der Waals surface area (Å²) in [5.74, 6) is -0.480. The molecule has 1 unspecified atom stereocenters. The van der Waals surface area contributed by atoms with Crippen molar-refractivity contribution in [2.45, 2.75) is 12.3 Å². The Morgan fingerprint density at radius 3 is 2.25 bits per heavy atom. The topological polar surface area (TPSA) is 62.6 Å². The van der Waals surface area contributed by atoms with Gasteiger partial charge >= 0.3 is 0 Å². The van der Waals surface area contributed by atoms with Crippen LogP contribution < -0.4 is 5.32 Å². The van der Waals surface area contributed by atoms with Crippen molar-refractivity contribution < 1.29 is 22.8 Å². The van der Waals surface area contributed by atoms with Crippen LogP contribution in [0.15, 0.2) is 95.4 Å². The lowest BCUT2D eigenvalue weighted by Crippen LogP contribution is -2.28. The van der Waals surface area contributed by atoms with Crippen molar-refractivity contribution in [3.63, 3.8) is 0 Å². The van der Waals surface area contributed by atoms with Gasteiger partial charge in [0.05, 0.1) is 5.56 Å². The number of amides is 2. The summed E-state index contributed by atoms with van der Waals surface area (Å²) in [5, 5.41) is 3.29. The number of furan rings is 1. The van der Waals surface area contributed by atoms with E-state index >= 15 is 0 Å². The van der Waals surface area contributed by atoms with E-state index in [-0.39, 0.29) is 29.4 Å². The van der Waals surface area contributed by atoms with Gasteiger partial charge in [-0.15, -0.1) is 0 Å². The lowest BCUT2D eigenvalue weighted by Gasteiger charge is -2.17. The van der Waals surface area contributed by atoms with Crippen molar-refractivity contribution in [2.75, 3.05) is 20.1 Å². The number of nitrogens with zero attached hydrogens (tertiary/aromatic N) is 1. The number of likely N-dealkylation sites (tertiary alicyclic amines) is 1. The van der Waals surface area contributed by atoms with Gasteiger partial charge in [-0.25, -0.2) is 8.78 Å². The molecule has 4 aromatic carbocycles. The second-order valence-corrected chi connectivity index (χ2v) is 9.97. The molecule has 40 heavy (non-hydrogen) atoms. The van der Waals surface area contributed by atoms with Gasteiger partial charge in [0, 0.05) is 42.6 Å². The molecule has 7 heteroatoms. The number of nitrogens with one attached hydrogen (secondary N) is 1. The second kappa shape index (κ2) is 10.4. The third-order valence-electron chi connectivity index (χ3n) is 7.51. The number of halogens is 2. The van der Waals surface area contributed by atoms with E-state index in [1.807, 2.05) is 35.2 Å². The van der Waals surface area contributed by atoms with Gasteiger partial charge in [0.1, 0.15) is 23.0 Å². The van der Waals surface area contributed by atoms with Crippen molar-refractivity contribution >= 4 is 22.8 Å². The number of rotatable bonds is 5. The minimum Gasteiger partial charge on any atom is -0.455 e. The lowest BCUT2D eigenvalue weighted by atomic mass is 9.98. The Kier molecular flexibility index (Phi) is 6.64. The summed E-state index contributed by atoms with van der Waals surface area (Å²) in [4.78, 5) is 28.2. The van der Waals surface area contributed by atoms with E-state index in [1.165, 1.54) is 24.3 Å². The van der Waals surface area contributed by atoms with Gasteiger partial charge in [0.2, 0.25) is 0 Å². The third kappa shape index (κ3) is 4.75. The minimum absolute atomic E-state index is 0.0551. The molecule has 0 saturated carbocycles. The van der Waals surface area contributed by atoms with Crippen molar-refractivity contribution in [2.24, 2.45) is 0 Å². The Morgan fingerprint density at radius 1 is 0.850 bits per heavy atom. The van der Waals surface area contributed by atoms with Gasteiger partial charge < -0.3 is 14.6 Å². The summed E-state index contributed by atoms with van der Waals surface area (Å²) in [7, 11) is 1.55. The largest absolute Gasteiger partial charge is 0.455 e. The molecule has 200 valence electrons. The molecule has 1 aliphatic heterocycles. The Balaban J connectivity index is 1.31. The highest BCUT2D eigenvalue weighted by atomic mass is 19.1. The molecular weight excluding hydrogens is 510 g/mol. The number of benzene rings is 4. The van der Waals surface area contributed by atoms with Gasteiger partial charge in [-0.1, -0.05) is 30.3 Å². The van der Waals surface area contributed by atoms with E-state index in [9.17, 15) is 18.4 Å². The van der Waals surface area contributed by atoms with E-state index in [0.29, 0.717) is 46.5 Å². The highest BCUT2D eigenvalue weighted by Crippen LogP contribution is 2.36. The van der Waals surface area contributed by atoms with E-state index in [0.717, 1.165) is 23.1 Å². The number of fused-ring (bicyclic) bond motifs is 1.